The maximum atomic E-state index is 13.9. The number of halogens is 2. The Labute approximate surface area is 142 Å². The van der Waals surface area contributed by atoms with Gasteiger partial charge in [-0.2, -0.15) is 0 Å². The van der Waals surface area contributed by atoms with Crippen molar-refractivity contribution < 1.29 is 12.8 Å². The summed E-state index contributed by atoms with van der Waals surface area (Å²) in [5, 5.41) is 11.0. The van der Waals surface area contributed by atoms with E-state index in [-0.39, 0.29) is 10.7 Å². The number of aromatic nitrogens is 4. The second-order valence-corrected chi connectivity index (χ2v) is 6.97. The standard InChI is InChI=1S/C14H11ClFN5O2S/c1-9-12(3-2-4-13(9)21-8-17-19-20-21)18-24(22,23)14-6-5-10(15)7-11(14)16/h2-8,18H,1H3. The van der Waals surface area contributed by atoms with Crippen LogP contribution in [0, 0.1) is 12.7 Å². The maximum absolute atomic E-state index is 13.9. The summed E-state index contributed by atoms with van der Waals surface area (Å²) in [6, 6.07) is 8.30. The van der Waals surface area contributed by atoms with Crippen molar-refractivity contribution in [2.75, 3.05) is 4.72 Å². The molecule has 0 atom stereocenters. The first-order chi connectivity index (χ1) is 11.4. The number of anilines is 1. The minimum Gasteiger partial charge on any atom is -0.279 e. The molecule has 0 aliphatic heterocycles. The molecule has 3 rings (SSSR count). The van der Waals surface area contributed by atoms with Crippen molar-refractivity contribution in [1.29, 1.82) is 0 Å². The molecule has 0 unspecified atom stereocenters. The lowest BCUT2D eigenvalue weighted by molar-refractivity contribution is 0.570. The maximum Gasteiger partial charge on any atom is 0.264 e. The smallest absolute Gasteiger partial charge is 0.264 e. The summed E-state index contributed by atoms with van der Waals surface area (Å²) in [6.07, 6.45) is 1.39. The molecule has 7 nitrogen and oxygen atoms in total. The van der Waals surface area contributed by atoms with Crippen LogP contribution in [0.15, 0.2) is 47.6 Å². The van der Waals surface area contributed by atoms with Gasteiger partial charge in [-0.05, 0) is 53.2 Å². The fourth-order valence-electron chi connectivity index (χ4n) is 2.15. The number of rotatable bonds is 4. The molecule has 0 amide bonds. The Bertz CT molecular complexity index is 992. The average molecular weight is 368 g/mol. The predicted molar refractivity (Wildman–Crippen MR) is 86.1 cm³/mol. The van der Waals surface area contributed by atoms with Crippen LogP contribution in [0.5, 0.6) is 0 Å². The molecule has 1 aromatic heterocycles. The molecule has 1 heterocycles. The lowest BCUT2D eigenvalue weighted by Crippen LogP contribution is -2.16. The van der Waals surface area contributed by atoms with Crippen molar-refractivity contribution in [3.63, 3.8) is 0 Å². The molecule has 24 heavy (non-hydrogen) atoms. The minimum atomic E-state index is -4.11. The van der Waals surface area contributed by atoms with Gasteiger partial charge in [0.15, 0.2) is 0 Å². The van der Waals surface area contributed by atoms with Crippen LogP contribution in [0.1, 0.15) is 5.56 Å². The van der Waals surface area contributed by atoms with E-state index in [1.165, 1.54) is 17.1 Å². The van der Waals surface area contributed by atoms with Crippen molar-refractivity contribution >= 4 is 27.3 Å². The first-order valence-electron chi connectivity index (χ1n) is 6.69. The highest BCUT2D eigenvalue weighted by molar-refractivity contribution is 7.92. The molecule has 0 radical (unpaired) electrons. The Balaban J connectivity index is 2.00. The first kappa shape index (κ1) is 16.3. The Morgan fingerprint density at radius 3 is 2.71 bits per heavy atom. The first-order valence-corrected chi connectivity index (χ1v) is 8.55. The second kappa shape index (κ2) is 6.17. The minimum absolute atomic E-state index is 0.114. The quantitative estimate of drug-likeness (QED) is 0.765. The molecular weight excluding hydrogens is 357 g/mol. The van der Waals surface area contributed by atoms with E-state index in [4.69, 9.17) is 11.6 Å². The molecule has 0 bridgehead atoms. The molecule has 0 saturated carbocycles. The Hall–Kier alpha value is -2.52. The summed E-state index contributed by atoms with van der Waals surface area (Å²) in [6.45, 7) is 1.70. The van der Waals surface area contributed by atoms with E-state index >= 15 is 0 Å². The van der Waals surface area contributed by atoms with Gasteiger partial charge < -0.3 is 0 Å². The number of nitrogens with one attached hydrogen (secondary N) is 1. The molecular formula is C14H11ClFN5O2S. The Kier molecular flexibility index (Phi) is 4.20. The largest absolute Gasteiger partial charge is 0.279 e. The van der Waals surface area contributed by atoms with E-state index in [1.807, 2.05) is 0 Å². The highest BCUT2D eigenvalue weighted by atomic mass is 35.5. The highest BCUT2D eigenvalue weighted by Gasteiger charge is 2.21. The molecule has 10 heteroatoms. The van der Waals surface area contributed by atoms with Crippen molar-refractivity contribution in [2.24, 2.45) is 0 Å². The topological polar surface area (TPSA) is 89.8 Å². The number of hydrogen-bond acceptors (Lipinski definition) is 5. The van der Waals surface area contributed by atoms with Crippen LogP contribution >= 0.6 is 11.6 Å². The van der Waals surface area contributed by atoms with Crippen molar-refractivity contribution in [3.05, 3.63) is 59.1 Å². The van der Waals surface area contributed by atoms with Gasteiger partial charge in [0.25, 0.3) is 10.0 Å². The van der Waals surface area contributed by atoms with E-state index in [0.29, 0.717) is 11.3 Å². The Morgan fingerprint density at radius 1 is 1.25 bits per heavy atom. The van der Waals surface area contributed by atoms with Crippen LogP contribution in [0.25, 0.3) is 5.69 Å². The van der Waals surface area contributed by atoms with Crippen LogP contribution in [0.2, 0.25) is 5.02 Å². The number of benzene rings is 2. The molecule has 3 aromatic rings. The zero-order valence-corrected chi connectivity index (χ0v) is 13.9. The third kappa shape index (κ3) is 3.08. The summed E-state index contributed by atoms with van der Waals surface area (Å²) >= 11 is 5.65. The van der Waals surface area contributed by atoms with Gasteiger partial charge in [0, 0.05) is 5.02 Å². The van der Waals surface area contributed by atoms with Gasteiger partial charge in [-0.25, -0.2) is 17.5 Å². The van der Waals surface area contributed by atoms with Gasteiger partial charge in [0.2, 0.25) is 0 Å². The number of nitrogens with zero attached hydrogens (tertiary/aromatic N) is 4. The van der Waals surface area contributed by atoms with Gasteiger partial charge in [0.05, 0.1) is 11.4 Å². The molecule has 1 N–H and O–H groups in total. The summed E-state index contributed by atoms with van der Waals surface area (Å²) in [5.41, 5.74) is 1.47. The van der Waals surface area contributed by atoms with Crippen LogP contribution in [-0.4, -0.2) is 28.6 Å². The molecule has 0 aliphatic rings. The van der Waals surface area contributed by atoms with E-state index < -0.39 is 20.7 Å². The van der Waals surface area contributed by atoms with Crippen molar-refractivity contribution in [2.45, 2.75) is 11.8 Å². The zero-order chi connectivity index (χ0) is 17.3. The van der Waals surface area contributed by atoms with Crippen LogP contribution in [0.3, 0.4) is 0 Å². The summed E-state index contributed by atoms with van der Waals surface area (Å²) in [7, 11) is -4.11. The van der Waals surface area contributed by atoms with Crippen molar-refractivity contribution in [1.82, 2.24) is 20.2 Å². The molecule has 0 fully saturated rings. The number of sulfonamides is 1. The monoisotopic (exact) mass is 367 g/mol. The molecule has 124 valence electrons. The Morgan fingerprint density at radius 2 is 2.04 bits per heavy atom. The third-order valence-electron chi connectivity index (χ3n) is 3.33. The summed E-state index contributed by atoms with van der Waals surface area (Å²) < 4.78 is 42.6. The molecule has 0 aliphatic carbocycles. The average Bonchev–Trinajstić information content (AvgIpc) is 3.03. The van der Waals surface area contributed by atoms with Crippen LogP contribution in [0.4, 0.5) is 10.1 Å². The SMILES string of the molecule is Cc1c(NS(=O)(=O)c2ccc(Cl)cc2F)cccc1-n1cnnn1. The van der Waals surface area contributed by atoms with Crippen molar-refractivity contribution in [3.8, 4) is 5.69 Å². The lowest BCUT2D eigenvalue weighted by Gasteiger charge is -2.13. The van der Waals surface area contributed by atoms with Gasteiger partial charge in [-0.1, -0.05) is 17.7 Å². The van der Waals surface area contributed by atoms with E-state index in [2.05, 4.69) is 20.2 Å². The van der Waals surface area contributed by atoms with E-state index in [0.717, 1.165) is 12.1 Å². The molecule has 0 spiro atoms. The van der Waals surface area contributed by atoms with E-state index in [9.17, 15) is 12.8 Å². The number of tetrazole rings is 1. The fraction of sp³-hybridized carbons (Fsp3) is 0.0714. The lowest BCUT2D eigenvalue weighted by atomic mass is 10.1. The molecule has 0 saturated heterocycles. The summed E-state index contributed by atoms with van der Waals surface area (Å²) in [5.74, 6) is -0.927. The fourth-order valence-corrected chi connectivity index (χ4v) is 3.49. The molecule has 2 aromatic carbocycles. The normalized spacial score (nSPS) is 11.5. The van der Waals surface area contributed by atoms with E-state index in [1.54, 1.807) is 25.1 Å². The van der Waals surface area contributed by atoms with Gasteiger partial charge in [-0.15, -0.1) is 5.10 Å². The predicted octanol–water partition coefficient (Wildman–Crippen LogP) is 2.56. The summed E-state index contributed by atoms with van der Waals surface area (Å²) in [4.78, 5) is -0.487. The zero-order valence-electron chi connectivity index (χ0n) is 12.3. The van der Waals surface area contributed by atoms with Gasteiger partial charge >= 0.3 is 0 Å². The van der Waals surface area contributed by atoms with Crippen LogP contribution < -0.4 is 4.72 Å². The second-order valence-electron chi connectivity index (χ2n) is 4.88. The third-order valence-corrected chi connectivity index (χ3v) is 4.96. The van der Waals surface area contributed by atoms with Gasteiger partial charge in [-0.3, -0.25) is 4.72 Å². The van der Waals surface area contributed by atoms with Crippen LogP contribution in [-0.2, 0) is 10.0 Å². The number of hydrogen-bond donors (Lipinski definition) is 1. The van der Waals surface area contributed by atoms with Gasteiger partial charge in [0.1, 0.15) is 17.0 Å². The highest BCUT2D eigenvalue weighted by Crippen LogP contribution is 2.26.